The smallest absolute Gasteiger partial charge is 0.302 e. The molecule has 0 spiro atoms. The fourth-order valence-electron chi connectivity index (χ4n) is 2.93. The summed E-state index contributed by atoms with van der Waals surface area (Å²) >= 11 is 0. The number of esters is 2. The summed E-state index contributed by atoms with van der Waals surface area (Å²) in [5.74, 6) is -0.624. The van der Waals surface area contributed by atoms with Crippen LogP contribution in [0.1, 0.15) is 66.2 Å². The van der Waals surface area contributed by atoms with E-state index < -0.39 is 11.2 Å². The predicted molar refractivity (Wildman–Crippen MR) is 99.3 cm³/mol. The van der Waals surface area contributed by atoms with Gasteiger partial charge >= 0.3 is 11.9 Å². The maximum atomic E-state index is 11.1. The first-order valence-corrected chi connectivity index (χ1v) is 9.02. The molecule has 0 saturated carbocycles. The van der Waals surface area contributed by atoms with E-state index in [4.69, 9.17) is 14.2 Å². The molecule has 2 unspecified atom stereocenters. The first-order chi connectivity index (χ1) is 11.8. The number of hydrogen-bond acceptors (Lipinski definition) is 5. The van der Waals surface area contributed by atoms with E-state index in [1.54, 1.807) is 12.2 Å². The molecule has 25 heavy (non-hydrogen) atoms. The van der Waals surface area contributed by atoms with Gasteiger partial charge in [0, 0.05) is 26.7 Å². The van der Waals surface area contributed by atoms with Gasteiger partial charge in [0.25, 0.3) is 0 Å². The molecule has 0 aliphatic carbocycles. The molecule has 0 N–H and O–H groups in total. The van der Waals surface area contributed by atoms with Gasteiger partial charge in [-0.25, -0.2) is 0 Å². The molecular weight excluding hydrogens is 320 g/mol. The van der Waals surface area contributed by atoms with Crippen molar-refractivity contribution in [1.82, 2.24) is 0 Å². The Bertz CT molecular complexity index is 405. The zero-order valence-electron chi connectivity index (χ0n) is 16.3. The van der Waals surface area contributed by atoms with Gasteiger partial charge in [-0.3, -0.25) is 9.59 Å². The Hall–Kier alpha value is -1.62. The van der Waals surface area contributed by atoms with E-state index in [0.29, 0.717) is 12.8 Å². The number of ether oxygens (including phenoxy) is 3. The number of rotatable bonds is 14. The molecular formula is C20H34O5. The summed E-state index contributed by atoms with van der Waals surface area (Å²) in [5, 5.41) is 0. The second-order valence-corrected chi connectivity index (χ2v) is 6.32. The van der Waals surface area contributed by atoms with Crippen LogP contribution in [0, 0.1) is 0 Å². The van der Waals surface area contributed by atoms with E-state index in [2.05, 4.69) is 27.0 Å². The van der Waals surface area contributed by atoms with Crippen molar-refractivity contribution in [2.45, 2.75) is 77.4 Å². The molecule has 144 valence electrons. The molecule has 0 aromatic heterocycles. The van der Waals surface area contributed by atoms with Crippen molar-refractivity contribution in [3.8, 4) is 0 Å². The molecule has 0 aliphatic rings. The minimum absolute atomic E-state index is 0.268. The maximum Gasteiger partial charge on any atom is 0.302 e. The van der Waals surface area contributed by atoms with Gasteiger partial charge in [-0.05, 0) is 12.8 Å². The Balaban J connectivity index is 5.32. The van der Waals surface area contributed by atoms with Crippen LogP contribution in [0.25, 0.3) is 0 Å². The van der Waals surface area contributed by atoms with E-state index in [0.717, 1.165) is 25.7 Å². The first-order valence-electron chi connectivity index (χ1n) is 9.02. The largest absolute Gasteiger partial charge is 0.466 e. The van der Waals surface area contributed by atoms with Gasteiger partial charge in [0.15, 0.2) is 0 Å². The van der Waals surface area contributed by atoms with E-state index in [1.165, 1.54) is 13.8 Å². The van der Waals surface area contributed by atoms with Crippen LogP contribution in [0.5, 0.6) is 0 Å². The predicted octanol–water partition coefficient (Wildman–Crippen LogP) is 4.36. The van der Waals surface area contributed by atoms with Crippen LogP contribution in [0.15, 0.2) is 25.3 Å². The number of hydrogen-bond donors (Lipinski definition) is 0. The zero-order valence-corrected chi connectivity index (χ0v) is 16.3. The van der Waals surface area contributed by atoms with Crippen molar-refractivity contribution in [3.63, 3.8) is 0 Å². The third-order valence-electron chi connectivity index (χ3n) is 4.16. The highest BCUT2D eigenvalue weighted by Gasteiger charge is 2.37. The molecule has 5 nitrogen and oxygen atoms in total. The molecule has 0 bridgehead atoms. The Morgan fingerprint density at radius 1 is 0.800 bits per heavy atom. The van der Waals surface area contributed by atoms with Crippen LogP contribution in [-0.4, -0.2) is 36.4 Å². The van der Waals surface area contributed by atoms with Crippen molar-refractivity contribution < 1.29 is 23.8 Å². The summed E-state index contributed by atoms with van der Waals surface area (Å²) < 4.78 is 16.8. The second-order valence-electron chi connectivity index (χ2n) is 6.32. The monoisotopic (exact) mass is 354 g/mol. The van der Waals surface area contributed by atoms with Crippen LogP contribution in [0.2, 0.25) is 0 Å². The highest BCUT2D eigenvalue weighted by atomic mass is 16.5. The standard InChI is InChI=1S/C20H34O5/c1-7-11-19(9-3,13-15-23-17(5)21)25-20(10-4,12-8-2)14-16-24-18(6)22/h9-10H,3-4,7-8,11-16H2,1-2,5-6H3. The van der Waals surface area contributed by atoms with Crippen molar-refractivity contribution in [2.24, 2.45) is 0 Å². The van der Waals surface area contributed by atoms with Crippen LogP contribution in [-0.2, 0) is 23.8 Å². The summed E-state index contributed by atoms with van der Waals surface area (Å²) in [4.78, 5) is 22.1. The van der Waals surface area contributed by atoms with E-state index in [1.807, 2.05) is 0 Å². The number of carbonyl (C=O) groups excluding carboxylic acids is 2. The van der Waals surface area contributed by atoms with Gasteiger partial charge in [-0.15, -0.1) is 13.2 Å². The fraction of sp³-hybridized carbons (Fsp3) is 0.700. The fourth-order valence-corrected chi connectivity index (χ4v) is 2.93. The Morgan fingerprint density at radius 2 is 1.16 bits per heavy atom. The van der Waals surface area contributed by atoms with Crippen LogP contribution >= 0.6 is 0 Å². The quantitative estimate of drug-likeness (QED) is 0.343. The molecule has 0 rings (SSSR count). The molecule has 0 aliphatic heterocycles. The molecule has 0 amide bonds. The summed E-state index contributed by atoms with van der Waals surface area (Å²) in [6.45, 7) is 15.4. The van der Waals surface area contributed by atoms with E-state index in [9.17, 15) is 9.59 Å². The lowest BCUT2D eigenvalue weighted by atomic mass is 9.88. The SMILES string of the molecule is C=CC(CCC)(CCOC(C)=O)OC(C=C)(CCC)CCOC(C)=O. The topological polar surface area (TPSA) is 61.8 Å². The average Bonchev–Trinajstić information content (AvgIpc) is 2.54. The van der Waals surface area contributed by atoms with Crippen LogP contribution in [0.4, 0.5) is 0 Å². The van der Waals surface area contributed by atoms with Gasteiger partial charge in [0.1, 0.15) is 0 Å². The highest BCUT2D eigenvalue weighted by Crippen LogP contribution is 2.35. The summed E-state index contributed by atoms with van der Waals surface area (Å²) in [6, 6.07) is 0. The Labute approximate surface area is 152 Å². The molecule has 0 fully saturated rings. The summed E-state index contributed by atoms with van der Waals surface area (Å²) in [6.07, 6.45) is 7.94. The lowest BCUT2D eigenvalue weighted by Gasteiger charge is -2.41. The minimum atomic E-state index is -0.621. The molecule has 0 heterocycles. The van der Waals surface area contributed by atoms with Gasteiger partial charge in [-0.1, -0.05) is 38.8 Å². The highest BCUT2D eigenvalue weighted by molar-refractivity contribution is 5.66. The second kappa shape index (κ2) is 11.9. The Kier molecular flexibility index (Phi) is 11.1. The first kappa shape index (κ1) is 23.4. The van der Waals surface area contributed by atoms with Gasteiger partial charge in [0.2, 0.25) is 0 Å². The average molecular weight is 354 g/mol. The van der Waals surface area contributed by atoms with Gasteiger partial charge in [-0.2, -0.15) is 0 Å². The molecule has 2 atom stereocenters. The van der Waals surface area contributed by atoms with E-state index in [-0.39, 0.29) is 25.2 Å². The van der Waals surface area contributed by atoms with Gasteiger partial charge in [0.05, 0.1) is 24.4 Å². The lowest BCUT2D eigenvalue weighted by Crippen LogP contribution is -2.44. The molecule has 0 radical (unpaired) electrons. The zero-order chi connectivity index (χ0) is 19.3. The molecule has 0 aromatic rings. The number of carbonyl (C=O) groups is 2. The van der Waals surface area contributed by atoms with Crippen molar-refractivity contribution in [3.05, 3.63) is 25.3 Å². The van der Waals surface area contributed by atoms with E-state index >= 15 is 0 Å². The normalized spacial score (nSPS) is 15.5. The molecule has 0 saturated heterocycles. The van der Waals surface area contributed by atoms with Crippen LogP contribution in [0.3, 0.4) is 0 Å². The minimum Gasteiger partial charge on any atom is -0.466 e. The third kappa shape index (κ3) is 8.87. The maximum absolute atomic E-state index is 11.1. The molecule has 0 aromatic carbocycles. The van der Waals surface area contributed by atoms with Crippen molar-refractivity contribution in [2.75, 3.05) is 13.2 Å². The lowest BCUT2D eigenvalue weighted by molar-refractivity contribution is -0.153. The summed E-state index contributed by atoms with van der Waals surface area (Å²) in [7, 11) is 0. The third-order valence-corrected chi connectivity index (χ3v) is 4.16. The summed E-state index contributed by atoms with van der Waals surface area (Å²) in [5.41, 5.74) is -1.24. The van der Waals surface area contributed by atoms with Crippen molar-refractivity contribution in [1.29, 1.82) is 0 Å². The Morgan fingerprint density at radius 3 is 1.40 bits per heavy atom. The van der Waals surface area contributed by atoms with Gasteiger partial charge < -0.3 is 14.2 Å². The van der Waals surface area contributed by atoms with Crippen molar-refractivity contribution >= 4 is 11.9 Å². The van der Waals surface area contributed by atoms with Crippen LogP contribution < -0.4 is 0 Å². The molecule has 5 heteroatoms.